The Kier molecular flexibility index (Phi) is 2.49. The molecule has 1 aromatic carbocycles. The van der Waals surface area contributed by atoms with Gasteiger partial charge in [-0.2, -0.15) is 0 Å². The Morgan fingerprint density at radius 3 is 2.19 bits per heavy atom. The maximum absolute atomic E-state index is 9.79. The highest BCUT2D eigenvalue weighted by Gasteiger charge is 2.40. The molecule has 0 saturated heterocycles. The molecule has 16 heavy (non-hydrogen) atoms. The van der Waals surface area contributed by atoms with Crippen LogP contribution in [0.5, 0.6) is 0 Å². The first kappa shape index (κ1) is 11.1. The molecule has 1 aromatic rings. The molecule has 0 amide bonds. The molecule has 2 heteroatoms. The lowest BCUT2D eigenvalue weighted by molar-refractivity contribution is -0.178. The van der Waals surface area contributed by atoms with Crippen LogP contribution in [0.2, 0.25) is 0 Å². The van der Waals surface area contributed by atoms with E-state index in [1.807, 2.05) is 36.4 Å². The first-order chi connectivity index (χ1) is 7.42. The van der Waals surface area contributed by atoms with Crippen LogP contribution in [-0.4, -0.2) is 16.0 Å². The van der Waals surface area contributed by atoms with Crippen LogP contribution < -0.4 is 0 Å². The van der Waals surface area contributed by atoms with Crippen LogP contribution in [0.3, 0.4) is 0 Å². The average Bonchev–Trinajstić information content (AvgIpc) is 2.23. The van der Waals surface area contributed by atoms with Crippen molar-refractivity contribution < 1.29 is 10.2 Å². The third kappa shape index (κ3) is 1.82. The fourth-order valence-corrected chi connectivity index (χ4v) is 1.77. The monoisotopic (exact) mass is 216 g/mol. The second-order valence-corrected chi connectivity index (χ2v) is 4.75. The highest BCUT2D eigenvalue weighted by molar-refractivity contribution is 5.76. The van der Waals surface area contributed by atoms with Gasteiger partial charge in [0, 0.05) is 5.41 Å². The molecule has 0 saturated carbocycles. The number of hydrogen-bond acceptors (Lipinski definition) is 2. The largest absolute Gasteiger partial charge is 0.362 e. The third-order valence-corrected chi connectivity index (χ3v) is 3.07. The molecule has 0 unspecified atom stereocenters. The zero-order valence-electron chi connectivity index (χ0n) is 9.51. The average molecular weight is 216 g/mol. The number of aliphatic hydroxyl groups is 2. The summed E-state index contributed by atoms with van der Waals surface area (Å²) in [6, 6.07) is 9.92. The van der Waals surface area contributed by atoms with Crippen molar-refractivity contribution in [1.29, 1.82) is 0 Å². The lowest BCUT2D eigenvalue weighted by Gasteiger charge is -2.36. The van der Waals surface area contributed by atoms with Crippen molar-refractivity contribution >= 4 is 5.57 Å². The standard InChI is InChI=1S/C14H16O2/c1-13(2)10-12(8-9-14(13,15)16)11-6-4-3-5-7-11/h3-10,15-16H,1-2H3. The van der Waals surface area contributed by atoms with Gasteiger partial charge in [-0.3, -0.25) is 0 Å². The summed E-state index contributed by atoms with van der Waals surface area (Å²) in [5, 5.41) is 19.6. The Morgan fingerprint density at radius 1 is 1.00 bits per heavy atom. The summed E-state index contributed by atoms with van der Waals surface area (Å²) in [5.41, 5.74) is 1.42. The molecule has 0 bridgehead atoms. The highest BCUT2D eigenvalue weighted by atomic mass is 16.5. The third-order valence-electron chi connectivity index (χ3n) is 3.07. The van der Waals surface area contributed by atoms with Crippen LogP contribution in [-0.2, 0) is 0 Å². The fraction of sp³-hybridized carbons (Fsp3) is 0.286. The van der Waals surface area contributed by atoms with Gasteiger partial charge < -0.3 is 10.2 Å². The molecule has 0 atom stereocenters. The van der Waals surface area contributed by atoms with E-state index in [1.54, 1.807) is 19.9 Å². The molecule has 0 fully saturated rings. The van der Waals surface area contributed by atoms with Gasteiger partial charge in [0.05, 0.1) is 0 Å². The summed E-state index contributed by atoms with van der Waals surface area (Å²) >= 11 is 0. The van der Waals surface area contributed by atoms with Gasteiger partial charge in [-0.15, -0.1) is 0 Å². The van der Waals surface area contributed by atoms with Crippen LogP contribution in [0.15, 0.2) is 48.6 Å². The van der Waals surface area contributed by atoms with E-state index in [2.05, 4.69) is 0 Å². The van der Waals surface area contributed by atoms with Crippen molar-refractivity contribution in [1.82, 2.24) is 0 Å². The molecule has 0 spiro atoms. The molecule has 1 aliphatic rings. The molecule has 2 rings (SSSR count). The van der Waals surface area contributed by atoms with Crippen molar-refractivity contribution in [3.05, 3.63) is 54.1 Å². The summed E-state index contributed by atoms with van der Waals surface area (Å²) < 4.78 is 0. The molecular formula is C14H16O2. The van der Waals surface area contributed by atoms with E-state index >= 15 is 0 Å². The van der Waals surface area contributed by atoms with Crippen LogP contribution in [0.4, 0.5) is 0 Å². The second kappa shape index (κ2) is 3.58. The molecule has 0 radical (unpaired) electrons. The summed E-state index contributed by atoms with van der Waals surface area (Å²) in [7, 11) is 0. The molecule has 1 aliphatic carbocycles. The Morgan fingerprint density at radius 2 is 1.62 bits per heavy atom. The van der Waals surface area contributed by atoms with Crippen molar-refractivity contribution in [2.75, 3.05) is 0 Å². The van der Waals surface area contributed by atoms with Gasteiger partial charge >= 0.3 is 0 Å². The van der Waals surface area contributed by atoms with Crippen LogP contribution in [0.25, 0.3) is 5.57 Å². The quantitative estimate of drug-likeness (QED) is 0.707. The van der Waals surface area contributed by atoms with Gasteiger partial charge in [0.15, 0.2) is 5.79 Å². The highest BCUT2D eigenvalue weighted by Crippen LogP contribution is 2.38. The predicted octanol–water partition coefficient (Wildman–Crippen LogP) is 2.35. The minimum absolute atomic E-state index is 0.688. The Bertz CT molecular complexity index is 439. The van der Waals surface area contributed by atoms with Gasteiger partial charge in [0.2, 0.25) is 0 Å². The summed E-state index contributed by atoms with van der Waals surface area (Å²) in [5.74, 6) is -1.77. The molecule has 0 aromatic heterocycles. The smallest absolute Gasteiger partial charge is 0.191 e. The van der Waals surface area contributed by atoms with Crippen LogP contribution in [0.1, 0.15) is 19.4 Å². The van der Waals surface area contributed by atoms with E-state index in [9.17, 15) is 10.2 Å². The summed E-state index contributed by atoms with van der Waals surface area (Å²) in [4.78, 5) is 0. The van der Waals surface area contributed by atoms with Gasteiger partial charge in [0.1, 0.15) is 0 Å². The minimum atomic E-state index is -1.77. The van der Waals surface area contributed by atoms with Crippen molar-refractivity contribution in [3.8, 4) is 0 Å². The first-order valence-corrected chi connectivity index (χ1v) is 5.35. The second-order valence-electron chi connectivity index (χ2n) is 4.75. The van der Waals surface area contributed by atoms with Crippen molar-refractivity contribution in [2.24, 2.45) is 5.41 Å². The number of rotatable bonds is 1. The minimum Gasteiger partial charge on any atom is -0.362 e. The predicted molar refractivity (Wildman–Crippen MR) is 64.5 cm³/mol. The zero-order valence-corrected chi connectivity index (χ0v) is 9.51. The number of hydrogen-bond donors (Lipinski definition) is 2. The van der Waals surface area contributed by atoms with Crippen LogP contribution >= 0.6 is 0 Å². The van der Waals surface area contributed by atoms with Gasteiger partial charge in [-0.1, -0.05) is 56.3 Å². The Hall–Kier alpha value is -1.38. The lowest BCUT2D eigenvalue weighted by atomic mass is 9.77. The molecule has 84 valence electrons. The summed E-state index contributed by atoms with van der Waals surface area (Å²) in [6.07, 6.45) is 5.08. The van der Waals surface area contributed by atoms with E-state index in [4.69, 9.17) is 0 Å². The van der Waals surface area contributed by atoms with E-state index < -0.39 is 11.2 Å². The molecular weight excluding hydrogens is 200 g/mol. The van der Waals surface area contributed by atoms with E-state index in [0.717, 1.165) is 11.1 Å². The van der Waals surface area contributed by atoms with E-state index in [1.165, 1.54) is 6.08 Å². The number of benzene rings is 1. The van der Waals surface area contributed by atoms with E-state index in [0.29, 0.717) is 0 Å². The van der Waals surface area contributed by atoms with Crippen molar-refractivity contribution in [3.63, 3.8) is 0 Å². The van der Waals surface area contributed by atoms with Gasteiger partial charge in [-0.25, -0.2) is 0 Å². The molecule has 0 aliphatic heterocycles. The summed E-state index contributed by atoms with van der Waals surface area (Å²) in [6.45, 7) is 3.61. The number of allylic oxidation sites excluding steroid dienone is 2. The topological polar surface area (TPSA) is 40.5 Å². The van der Waals surface area contributed by atoms with Crippen molar-refractivity contribution in [2.45, 2.75) is 19.6 Å². The Labute approximate surface area is 95.6 Å². The first-order valence-electron chi connectivity index (χ1n) is 5.35. The molecule has 0 heterocycles. The normalized spacial score (nSPS) is 21.6. The van der Waals surface area contributed by atoms with E-state index in [-0.39, 0.29) is 0 Å². The Balaban J connectivity index is 2.41. The molecule has 2 N–H and O–H groups in total. The fourth-order valence-electron chi connectivity index (χ4n) is 1.77. The SMILES string of the molecule is CC1(C)C=C(c2ccccc2)C=CC1(O)O. The lowest BCUT2D eigenvalue weighted by Crippen LogP contribution is -2.42. The van der Waals surface area contributed by atoms with Gasteiger partial charge in [-0.05, 0) is 17.2 Å². The maximum atomic E-state index is 9.79. The van der Waals surface area contributed by atoms with Gasteiger partial charge in [0.25, 0.3) is 0 Å². The maximum Gasteiger partial charge on any atom is 0.191 e. The zero-order chi connectivity index (χ0) is 11.8. The van der Waals surface area contributed by atoms with Crippen LogP contribution in [0, 0.1) is 5.41 Å². The molecule has 2 nitrogen and oxygen atoms in total.